The van der Waals surface area contributed by atoms with Crippen LogP contribution < -0.4 is 10.2 Å². The number of rotatable bonds is 6. The standard InChI is InChI=1S/C21H22N4O2/c1-15(14-20-18-10-6-7-11-19(18)23-24-20)21(27)25(13-12-22-16(2)26)17-8-4-3-5-9-17/h3-11,14H,12-13H2,1-2H3,(H,22,26)(H,23,24)/b15-14+. The first-order valence-electron chi connectivity index (χ1n) is 8.79. The molecule has 0 aliphatic rings. The van der Waals surface area contributed by atoms with E-state index in [0.717, 1.165) is 22.3 Å². The van der Waals surface area contributed by atoms with Gasteiger partial charge in [0.2, 0.25) is 5.91 Å². The van der Waals surface area contributed by atoms with Gasteiger partial charge in [0.05, 0.1) is 11.2 Å². The fourth-order valence-corrected chi connectivity index (χ4v) is 2.88. The average Bonchev–Trinajstić information content (AvgIpc) is 3.08. The molecule has 0 atom stereocenters. The van der Waals surface area contributed by atoms with Crippen molar-refractivity contribution in [2.75, 3.05) is 18.0 Å². The van der Waals surface area contributed by atoms with E-state index in [9.17, 15) is 9.59 Å². The summed E-state index contributed by atoms with van der Waals surface area (Å²) in [4.78, 5) is 25.9. The molecule has 27 heavy (non-hydrogen) atoms. The fraction of sp³-hybridized carbons (Fsp3) is 0.190. The Labute approximate surface area is 157 Å². The van der Waals surface area contributed by atoms with E-state index in [-0.39, 0.29) is 11.8 Å². The zero-order valence-corrected chi connectivity index (χ0v) is 15.4. The van der Waals surface area contributed by atoms with Crippen LogP contribution in [0.15, 0.2) is 60.2 Å². The summed E-state index contributed by atoms with van der Waals surface area (Å²) in [5.74, 6) is -0.239. The Balaban J connectivity index is 1.86. The van der Waals surface area contributed by atoms with Crippen molar-refractivity contribution in [1.29, 1.82) is 0 Å². The Morgan fingerprint density at radius 3 is 2.52 bits per heavy atom. The fourth-order valence-electron chi connectivity index (χ4n) is 2.88. The minimum absolute atomic E-state index is 0.119. The van der Waals surface area contributed by atoms with Gasteiger partial charge in [0, 0.05) is 36.7 Å². The second-order valence-corrected chi connectivity index (χ2v) is 6.26. The van der Waals surface area contributed by atoms with Crippen LogP contribution in [0.1, 0.15) is 19.5 Å². The zero-order chi connectivity index (χ0) is 19.2. The van der Waals surface area contributed by atoms with Crippen molar-refractivity contribution in [2.24, 2.45) is 0 Å². The first kappa shape index (κ1) is 18.4. The van der Waals surface area contributed by atoms with Crippen LogP contribution in [0.2, 0.25) is 0 Å². The van der Waals surface area contributed by atoms with Crippen LogP contribution in [0.3, 0.4) is 0 Å². The van der Waals surface area contributed by atoms with E-state index in [1.165, 1.54) is 6.92 Å². The zero-order valence-electron chi connectivity index (χ0n) is 15.4. The lowest BCUT2D eigenvalue weighted by Gasteiger charge is -2.23. The number of amides is 2. The number of H-pyrrole nitrogens is 1. The molecule has 138 valence electrons. The number of para-hydroxylation sites is 2. The third-order valence-corrected chi connectivity index (χ3v) is 4.21. The SMILES string of the molecule is CC(=O)NCCN(C(=O)/C(C)=C/c1[nH]nc2ccccc12)c1ccccc1. The van der Waals surface area contributed by atoms with E-state index in [1.54, 1.807) is 11.8 Å². The Hall–Kier alpha value is -3.41. The van der Waals surface area contributed by atoms with Gasteiger partial charge in [0.1, 0.15) is 0 Å². The van der Waals surface area contributed by atoms with Crippen molar-refractivity contribution >= 4 is 34.5 Å². The predicted octanol–water partition coefficient (Wildman–Crippen LogP) is 3.14. The van der Waals surface area contributed by atoms with E-state index >= 15 is 0 Å². The highest BCUT2D eigenvalue weighted by Crippen LogP contribution is 2.20. The number of hydrogen-bond donors (Lipinski definition) is 2. The number of carbonyl (C=O) groups is 2. The molecule has 2 N–H and O–H groups in total. The first-order chi connectivity index (χ1) is 13.1. The van der Waals surface area contributed by atoms with Crippen LogP contribution in [0.25, 0.3) is 17.0 Å². The normalized spacial score (nSPS) is 11.4. The molecule has 6 heteroatoms. The van der Waals surface area contributed by atoms with Gasteiger partial charge in [-0.15, -0.1) is 0 Å². The van der Waals surface area contributed by atoms with Crippen LogP contribution in [0.5, 0.6) is 0 Å². The molecule has 1 heterocycles. The Bertz CT molecular complexity index is 976. The number of carbonyl (C=O) groups excluding carboxylic acids is 2. The summed E-state index contributed by atoms with van der Waals surface area (Å²) < 4.78 is 0. The Morgan fingerprint density at radius 2 is 1.78 bits per heavy atom. The van der Waals surface area contributed by atoms with Crippen molar-refractivity contribution in [1.82, 2.24) is 15.5 Å². The van der Waals surface area contributed by atoms with Gasteiger partial charge in [-0.1, -0.05) is 36.4 Å². The summed E-state index contributed by atoms with van der Waals surface area (Å²) in [7, 11) is 0. The summed E-state index contributed by atoms with van der Waals surface area (Å²) in [5, 5.41) is 11.0. The molecule has 0 fully saturated rings. The summed E-state index contributed by atoms with van der Waals surface area (Å²) in [6.07, 6.45) is 1.81. The van der Waals surface area contributed by atoms with Crippen LogP contribution in [-0.2, 0) is 9.59 Å². The molecule has 3 aromatic rings. The van der Waals surface area contributed by atoms with Gasteiger partial charge in [0.25, 0.3) is 5.91 Å². The number of nitrogens with one attached hydrogen (secondary N) is 2. The highest BCUT2D eigenvalue weighted by atomic mass is 16.2. The molecule has 0 unspecified atom stereocenters. The number of nitrogens with zero attached hydrogens (tertiary/aromatic N) is 2. The molecule has 2 amide bonds. The third kappa shape index (κ3) is 4.41. The van der Waals surface area contributed by atoms with Gasteiger partial charge in [-0.2, -0.15) is 5.10 Å². The summed E-state index contributed by atoms with van der Waals surface area (Å²) >= 11 is 0. The monoisotopic (exact) mass is 362 g/mol. The van der Waals surface area contributed by atoms with Gasteiger partial charge >= 0.3 is 0 Å². The summed E-state index contributed by atoms with van der Waals surface area (Å²) in [5.41, 5.74) is 3.02. The summed E-state index contributed by atoms with van der Waals surface area (Å²) in [6, 6.07) is 17.2. The molecule has 0 aliphatic heterocycles. The minimum Gasteiger partial charge on any atom is -0.355 e. The van der Waals surface area contributed by atoms with Crippen molar-refractivity contribution in [3.05, 3.63) is 65.9 Å². The Morgan fingerprint density at radius 1 is 1.07 bits per heavy atom. The number of fused-ring (bicyclic) bond motifs is 1. The maximum atomic E-state index is 13.1. The molecule has 0 aliphatic carbocycles. The molecule has 0 saturated carbocycles. The largest absolute Gasteiger partial charge is 0.355 e. The van der Waals surface area contributed by atoms with E-state index < -0.39 is 0 Å². The summed E-state index contributed by atoms with van der Waals surface area (Å²) in [6.45, 7) is 4.02. The number of anilines is 1. The molecule has 2 aromatic carbocycles. The lowest BCUT2D eigenvalue weighted by Crippen LogP contribution is -2.38. The maximum absolute atomic E-state index is 13.1. The van der Waals surface area contributed by atoms with Crippen molar-refractivity contribution in [3.8, 4) is 0 Å². The van der Waals surface area contributed by atoms with E-state index in [0.29, 0.717) is 18.7 Å². The maximum Gasteiger partial charge on any atom is 0.254 e. The second-order valence-electron chi connectivity index (χ2n) is 6.26. The van der Waals surface area contributed by atoms with Crippen LogP contribution in [-0.4, -0.2) is 35.1 Å². The highest BCUT2D eigenvalue weighted by molar-refractivity contribution is 6.08. The van der Waals surface area contributed by atoms with Gasteiger partial charge in [-0.3, -0.25) is 14.7 Å². The van der Waals surface area contributed by atoms with Gasteiger partial charge in [0.15, 0.2) is 0 Å². The van der Waals surface area contributed by atoms with E-state index in [4.69, 9.17) is 0 Å². The quantitative estimate of drug-likeness (QED) is 0.661. The van der Waals surface area contributed by atoms with Gasteiger partial charge in [-0.05, 0) is 31.2 Å². The lowest BCUT2D eigenvalue weighted by molar-refractivity contribution is -0.119. The van der Waals surface area contributed by atoms with Crippen molar-refractivity contribution in [2.45, 2.75) is 13.8 Å². The van der Waals surface area contributed by atoms with Crippen molar-refractivity contribution < 1.29 is 9.59 Å². The predicted molar refractivity (Wildman–Crippen MR) is 107 cm³/mol. The smallest absolute Gasteiger partial charge is 0.254 e. The Kier molecular flexibility index (Phi) is 5.66. The van der Waals surface area contributed by atoms with Gasteiger partial charge < -0.3 is 10.2 Å². The molecular formula is C21H22N4O2. The molecule has 0 radical (unpaired) electrons. The van der Waals surface area contributed by atoms with E-state index in [1.807, 2.05) is 60.7 Å². The van der Waals surface area contributed by atoms with Crippen LogP contribution in [0, 0.1) is 0 Å². The molecule has 0 saturated heterocycles. The van der Waals surface area contributed by atoms with Crippen molar-refractivity contribution in [3.63, 3.8) is 0 Å². The number of benzene rings is 2. The molecule has 6 nitrogen and oxygen atoms in total. The van der Waals surface area contributed by atoms with E-state index in [2.05, 4.69) is 15.5 Å². The number of hydrogen-bond acceptors (Lipinski definition) is 3. The molecule has 0 spiro atoms. The number of aromatic nitrogens is 2. The first-order valence-corrected chi connectivity index (χ1v) is 8.79. The lowest BCUT2D eigenvalue weighted by atomic mass is 10.1. The molecule has 3 rings (SSSR count). The van der Waals surface area contributed by atoms with Crippen LogP contribution >= 0.6 is 0 Å². The second kappa shape index (κ2) is 8.31. The average molecular weight is 362 g/mol. The molecule has 1 aromatic heterocycles. The van der Waals surface area contributed by atoms with Crippen LogP contribution in [0.4, 0.5) is 5.69 Å². The topological polar surface area (TPSA) is 78.1 Å². The minimum atomic E-state index is -0.120. The highest BCUT2D eigenvalue weighted by Gasteiger charge is 2.17. The van der Waals surface area contributed by atoms with Gasteiger partial charge in [-0.25, -0.2) is 0 Å². The molecule has 0 bridgehead atoms. The third-order valence-electron chi connectivity index (χ3n) is 4.21. The number of aromatic amines is 1. The molecular weight excluding hydrogens is 340 g/mol.